The zero-order valence-corrected chi connectivity index (χ0v) is 9.03. The van der Waals surface area contributed by atoms with Crippen LogP contribution in [0.3, 0.4) is 0 Å². The Balaban J connectivity index is 2.65. The van der Waals surface area contributed by atoms with E-state index in [0.717, 1.165) is 19.4 Å². The van der Waals surface area contributed by atoms with E-state index < -0.39 is 0 Å². The summed E-state index contributed by atoms with van der Waals surface area (Å²) >= 11 is 0. The molecule has 0 saturated heterocycles. The zero-order chi connectivity index (χ0) is 10.4. The summed E-state index contributed by atoms with van der Waals surface area (Å²) < 4.78 is 1.98. The molecule has 0 amide bonds. The number of allylic oxidation sites excluding steroid dienone is 1. The summed E-state index contributed by atoms with van der Waals surface area (Å²) in [5, 5.41) is 4.28. The molecule has 78 valence electrons. The van der Waals surface area contributed by atoms with E-state index in [0.29, 0.717) is 6.54 Å². The van der Waals surface area contributed by atoms with Crippen molar-refractivity contribution in [3.8, 4) is 0 Å². The van der Waals surface area contributed by atoms with Gasteiger partial charge in [0.05, 0.1) is 6.20 Å². The molecule has 0 saturated carbocycles. The SMILES string of the molecule is CCCn1cc(C(C)=CCCN)cn1. The summed E-state index contributed by atoms with van der Waals surface area (Å²) in [5.74, 6) is 0. The summed E-state index contributed by atoms with van der Waals surface area (Å²) in [6.45, 7) is 5.95. The van der Waals surface area contributed by atoms with Crippen LogP contribution < -0.4 is 5.73 Å². The van der Waals surface area contributed by atoms with E-state index in [1.807, 2.05) is 10.9 Å². The van der Waals surface area contributed by atoms with E-state index in [9.17, 15) is 0 Å². The lowest BCUT2D eigenvalue weighted by atomic mass is 10.1. The van der Waals surface area contributed by atoms with E-state index >= 15 is 0 Å². The third-order valence-corrected chi connectivity index (χ3v) is 2.16. The fourth-order valence-electron chi connectivity index (χ4n) is 1.34. The molecule has 1 aromatic heterocycles. The summed E-state index contributed by atoms with van der Waals surface area (Å²) in [4.78, 5) is 0. The zero-order valence-electron chi connectivity index (χ0n) is 9.03. The van der Waals surface area contributed by atoms with E-state index in [4.69, 9.17) is 5.73 Å². The molecule has 0 atom stereocenters. The lowest BCUT2D eigenvalue weighted by molar-refractivity contribution is 0.602. The summed E-state index contributed by atoms with van der Waals surface area (Å²) in [7, 11) is 0. The van der Waals surface area contributed by atoms with Crippen molar-refractivity contribution < 1.29 is 0 Å². The molecule has 0 aliphatic rings. The van der Waals surface area contributed by atoms with Crippen LogP contribution in [0.25, 0.3) is 5.57 Å². The lowest BCUT2D eigenvalue weighted by Crippen LogP contribution is -1.96. The van der Waals surface area contributed by atoms with Gasteiger partial charge in [-0.1, -0.05) is 13.0 Å². The fourth-order valence-corrected chi connectivity index (χ4v) is 1.34. The number of aromatic nitrogens is 2. The van der Waals surface area contributed by atoms with Gasteiger partial charge in [-0.2, -0.15) is 5.10 Å². The first kappa shape index (κ1) is 11.0. The molecule has 1 heterocycles. The van der Waals surface area contributed by atoms with Gasteiger partial charge in [-0.05, 0) is 31.9 Å². The number of nitrogens with two attached hydrogens (primary N) is 1. The molecule has 0 aliphatic heterocycles. The maximum Gasteiger partial charge on any atom is 0.0564 e. The first-order valence-corrected chi connectivity index (χ1v) is 5.17. The van der Waals surface area contributed by atoms with Gasteiger partial charge in [0.1, 0.15) is 0 Å². The quantitative estimate of drug-likeness (QED) is 0.777. The largest absolute Gasteiger partial charge is 0.330 e. The van der Waals surface area contributed by atoms with Crippen LogP contribution in [0.5, 0.6) is 0 Å². The predicted molar refractivity (Wildman–Crippen MR) is 59.8 cm³/mol. The molecule has 0 aromatic carbocycles. The molecule has 0 radical (unpaired) electrons. The number of hydrogen-bond acceptors (Lipinski definition) is 2. The Morgan fingerprint density at radius 1 is 1.64 bits per heavy atom. The number of hydrogen-bond donors (Lipinski definition) is 1. The van der Waals surface area contributed by atoms with Crippen LogP contribution in [0.2, 0.25) is 0 Å². The molecule has 1 aromatic rings. The Kier molecular flexibility index (Phi) is 4.40. The standard InChI is InChI=1S/C11H19N3/c1-3-7-14-9-11(8-13-14)10(2)5-4-6-12/h5,8-9H,3-4,6-7,12H2,1-2H3. The van der Waals surface area contributed by atoms with Crippen molar-refractivity contribution in [3.63, 3.8) is 0 Å². The van der Waals surface area contributed by atoms with E-state index in [-0.39, 0.29) is 0 Å². The minimum absolute atomic E-state index is 0.709. The first-order valence-electron chi connectivity index (χ1n) is 5.17. The molecule has 0 unspecified atom stereocenters. The van der Waals surface area contributed by atoms with Gasteiger partial charge in [0.15, 0.2) is 0 Å². The van der Waals surface area contributed by atoms with Crippen LogP contribution in [0.1, 0.15) is 32.3 Å². The van der Waals surface area contributed by atoms with Crippen LogP contribution in [-0.4, -0.2) is 16.3 Å². The summed E-state index contributed by atoms with van der Waals surface area (Å²) in [5.41, 5.74) is 7.91. The molecule has 0 aliphatic carbocycles. The average Bonchev–Trinajstić information content (AvgIpc) is 2.63. The average molecular weight is 193 g/mol. The molecule has 14 heavy (non-hydrogen) atoms. The third kappa shape index (κ3) is 3.00. The summed E-state index contributed by atoms with van der Waals surface area (Å²) in [6, 6.07) is 0. The van der Waals surface area contributed by atoms with Crippen molar-refractivity contribution in [3.05, 3.63) is 24.0 Å². The molecule has 0 spiro atoms. The van der Waals surface area contributed by atoms with Gasteiger partial charge in [0.2, 0.25) is 0 Å². The van der Waals surface area contributed by atoms with Crippen LogP contribution in [0.4, 0.5) is 0 Å². The number of nitrogens with zero attached hydrogens (tertiary/aromatic N) is 2. The van der Waals surface area contributed by atoms with Gasteiger partial charge in [0.25, 0.3) is 0 Å². The minimum Gasteiger partial charge on any atom is -0.330 e. The van der Waals surface area contributed by atoms with E-state index in [1.165, 1.54) is 11.1 Å². The Morgan fingerprint density at radius 2 is 2.43 bits per heavy atom. The molecular formula is C11H19N3. The van der Waals surface area contributed by atoms with Crippen molar-refractivity contribution in [1.82, 2.24) is 9.78 Å². The number of aryl methyl sites for hydroxylation is 1. The van der Waals surface area contributed by atoms with Gasteiger partial charge in [-0.15, -0.1) is 0 Å². The van der Waals surface area contributed by atoms with Gasteiger partial charge in [-0.25, -0.2) is 0 Å². The Hall–Kier alpha value is -1.09. The third-order valence-electron chi connectivity index (χ3n) is 2.16. The molecular weight excluding hydrogens is 174 g/mol. The van der Waals surface area contributed by atoms with Crippen molar-refractivity contribution in [2.24, 2.45) is 5.73 Å². The van der Waals surface area contributed by atoms with Crippen LogP contribution >= 0.6 is 0 Å². The summed E-state index contributed by atoms with van der Waals surface area (Å²) in [6.07, 6.45) is 8.22. The normalized spacial score (nSPS) is 12.1. The first-order chi connectivity index (χ1) is 6.77. The van der Waals surface area contributed by atoms with Crippen LogP contribution in [0, 0.1) is 0 Å². The highest BCUT2D eigenvalue weighted by Crippen LogP contribution is 2.12. The molecule has 1 rings (SSSR count). The second-order valence-electron chi connectivity index (χ2n) is 3.46. The maximum atomic E-state index is 5.44. The van der Waals surface area contributed by atoms with Gasteiger partial charge in [0, 0.05) is 18.3 Å². The van der Waals surface area contributed by atoms with Crippen molar-refractivity contribution >= 4 is 5.57 Å². The van der Waals surface area contributed by atoms with Crippen LogP contribution in [0.15, 0.2) is 18.5 Å². The molecule has 2 N–H and O–H groups in total. The molecule has 3 nitrogen and oxygen atoms in total. The Bertz CT molecular complexity index is 299. The second-order valence-corrected chi connectivity index (χ2v) is 3.46. The molecule has 0 fully saturated rings. The van der Waals surface area contributed by atoms with Gasteiger partial charge in [-0.3, -0.25) is 4.68 Å². The van der Waals surface area contributed by atoms with Crippen LogP contribution in [-0.2, 0) is 6.54 Å². The fraction of sp³-hybridized carbons (Fsp3) is 0.545. The van der Waals surface area contributed by atoms with Crippen molar-refractivity contribution in [2.45, 2.75) is 33.2 Å². The van der Waals surface area contributed by atoms with E-state index in [1.54, 1.807) is 0 Å². The molecule has 0 bridgehead atoms. The van der Waals surface area contributed by atoms with Crippen molar-refractivity contribution in [1.29, 1.82) is 0 Å². The van der Waals surface area contributed by atoms with Gasteiger partial charge >= 0.3 is 0 Å². The predicted octanol–water partition coefficient (Wildman–Crippen LogP) is 2.05. The highest BCUT2D eigenvalue weighted by Gasteiger charge is 1.98. The minimum atomic E-state index is 0.709. The van der Waals surface area contributed by atoms with Crippen molar-refractivity contribution in [2.75, 3.05) is 6.54 Å². The smallest absolute Gasteiger partial charge is 0.0564 e. The lowest BCUT2D eigenvalue weighted by Gasteiger charge is -1.97. The monoisotopic (exact) mass is 193 g/mol. The Labute approximate surface area is 85.6 Å². The second kappa shape index (κ2) is 5.60. The maximum absolute atomic E-state index is 5.44. The van der Waals surface area contributed by atoms with Gasteiger partial charge < -0.3 is 5.73 Å². The highest BCUT2D eigenvalue weighted by molar-refractivity contribution is 5.62. The Morgan fingerprint density at radius 3 is 3.07 bits per heavy atom. The van der Waals surface area contributed by atoms with E-state index in [2.05, 4.69) is 31.2 Å². The topological polar surface area (TPSA) is 43.8 Å². The number of rotatable bonds is 5. The highest BCUT2D eigenvalue weighted by atomic mass is 15.3. The molecule has 3 heteroatoms.